The number of piperidine rings is 1. The first-order valence-electron chi connectivity index (χ1n) is 8.39. The summed E-state index contributed by atoms with van der Waals surface area (Å²) < 4.78 is 17.5. The van der Waals surface area contributed by atoms with Crippen molar-refractivity contribution >= 4 is 8.32 Å². The van der Waals surface area contributed by atoms with Gasteiger partial charge in [0.15, 0.2) is 14.6 Å². The molecule has 2 saturated heterocycles. The van der Waals surface area contributed by atoms with Crippen LogP contribution in [0.15, 0.2) is 0 Å². The quantitative estimate of drug-likeness (QED) is 0.730. The lowest BCUT2D eigenvalue weighted by Crippen LogP contribution is -2.44. The van der Waals surface area contributed by atoms with Crippen LogP contribution in [0.1, 0.15) is 33.6 Å². The zero-order valence-electron chi connectivity index (χ0n) is 14.5. The van der Waals surface area contributed by atoms with Crippen molar-refractivity contribution in [3.63, 3.8) is 0 Å². The highest BCUT2D eigenvalue weighted by Crippen LogP contribution is 2.36. The highest BCUT2D eigenvalue weighted by atomic mass is 28.4. The van der Waals surface area contributed by atoms with Gasteiger partial charge in [0.05, 0.1) is 13.2 Å². The van der Waals surface area contributed by atoms with E-state index in [-0.39, 0.29) is 6.29 Å². The fourth-order valence-corrected chi connectivity index (χ4v) is 3.78. The van der Waals surface area contributed by atoms with E-state index in [9.17, 15) is 0 Å². The van der Waals surface area contributed by atoms with Crippen LogP contribution >= 0.6 is 0 Å². The number of likely N-dealkylation sites (tertiary alicyclic amines) is 1. The molecule has 2 fully saturated rings. The van der Waals surface area contributed by atoms with Gasteiger partial charge in [-0.15, -0.1) is 0 Å². The molecular weight excluding hydrogens is 282 g/mol. The molecule has 0 bridgehead atoms. The molecule has 0 unspecified atom stereocenters. The molecule has 124 valence electrons. The van der Waals surface area contributed by atoms with Crippen LogP contribution in [-0.2, 0) is 13.9 Å². The molecule has 2 aliphatic heterocycles. The summed E-state index contributed by atoms with van der Waals surface area (Å²) >= 11 is 0. The topological polar surface area (TPSA) is 30.9 Å². The van der Waals surface area contributed by atoms with Crippen LogP contribution in [-0.4, -0.2) is 59.0 Å². The summed E-state index contributed by atoms with van der Waals surface area (Å²) in [6.07, 6.45) is 2.44. The largest absolute Gasteiger partial charge is 0.416 e. The fraction of sp³-hybridized carbons (Fsp3) is 1.00. The molecule has 0 aromatic rings. The van der Waals surface area contributed by atoms with Crippen molar-refractivity contribution < 1.29 is 13.9 Å². The number of rotatable bonds is 5. The predicted molar refractivity (Wildman–Crippen MR) is 88.0 cm³/mol. The summed E-state index contributed by atoms with van der Waals surface area (Å²) in [5.74, 6) is 0.588. The van der Waals surface area contributed by atoms with Crippen LogP contribution in [0.2, 0.25) is 18.1 Å². The average Bonchev–Trinajstić information content (AvgIpc) is 2.92. The van der Waals surface area contributed by atoms with E-state index < -0.39 is 8.32 Å². The van der Waals surface area contributed by atoms with Gasteiger partial charge in [-0.3, -0.25) is 0 Å². The smallest absolute Gasteiger partial charge is 0.192 e. The van der Waals surface area contributed by atoms with Gasteiger partial charge in [0, 0.05) is 19.1 Å². The maximum Gasteiger partial charge on any atom is 0.192 e. The summed E-state index contributed by atoms with van der Waals surface area (Å²) in [5, 5.41) is 0.303. The highest BCUT2D eigenvalue weighted by Gasteiger charge is 2.37. The average molecular weight is 316 g/mol. The van der Waals surface area contributed by atoms with E-state index in [1.165, 1.54) is 12.8 Å². The maximum atomic E-state index is 6.27. The van der Waals surface area contributed by atoms with Crippen LogP contribution in [0.5, 0.6) is 0 Å². The second-order valence-electron chi connectivity index (χ2n) is 7.90. The van der Waals surface area contributed by atoms with Crippen molar-refractivity contribution in [2.45, 2.75) is 58.0 Å². The van der Waals surface area contributed by atoms with Gasteiger partial charge >= 0.3 is 0 Å². The number of nitrogens with zero attached hydrogens (tertiary/aromatic N) is 1. The van der Waals surface area contributed by atoms with Gasteiger partial charge in [0.25, 0.3) is 0 Å². The summed E-state index contributed by atoms with van der Waals surface area (Å²) in [6.45, 7) is 17.3. The molecule has 4 nitrogen and oxygen atoms in total. The van der Waals surface area contributed by atoms with Crippen molar-refractivity contribution in [3.05, 3.63) is 0 Å². The molecule has 0 N–H and O–H groups in total. The molecule has 0 aromatic heterocycles. The van der Waals surface area contributed by atoms with Crippen molar-refractivity contribution in [3.8, 4) is 0 Å². The first-order valence-corrected chi connectivity index (χ1v) is 11.3. The molecule has 0 radical (unpaired) electrons. The highest BCUT2D eigenvalue weighted by molar-refractivity contribution is 6.74. The second-order valence-corrected chi connectivity index (χ2v) is 12.7. The summed E-state index contributed by atoms with van der Waals surface area (Å²) in [6, 6.07) is 0. The normalized spacial score (nSPS) is 23.9. The van der Waals surface area contributed by atoms with Gasteiger partial charge in [0.2, 0.25) is 0 Å². The molecule has 0 spiro atoms. The minimum atomic E-state index is -1.59. The molecule has 5 heteroatoms. The van der Waals surface area contributed by atoms with Gasteiger partial charge in [-0.05, 0) is 44.1 Å². The third-order valence-corrected chi connectivity index (χ3v) is 9.88. The molecule has 0 aliphatic carbocycles. The van der Waals surface area contributed by atoms with E-state index in [4.69, 9.17) is 13.9 Å². The van der Waals surface area contributed by atoms with Gasteiger partial charge < -0.3 is 18.8 Å². The Hall–Kier alpha value is 0.0569. The van der Waals surface area contributed by atoms with Crippen LogP contribution < -0.4 is 0 Å². The van der Waals surface area contributed by atoms with E-state index >= 15 is 0 Å². The Balaban J connectivity index is 1.65. The molecule has 2 heterocycles. The summed E-state index contributed by atoms with van der Waals surface area (Å²) in [5.41, 5.74) is 0. The van der Waals surface area contributed by atoms with Gasteiger partial charge in [-0.1, -0.05) is 20.8 Å². The molecule has 0 saturated carbocycles. The third kappa shape index (κ3) is 4.76. The van der Waals surface area contributed by atoms with E-state index in [0.717, 1.165) is 39.5 Å². The van der Waals surface area contributed by atoms with Gasteiger partial charge in [-0.2, -0.15) is 0 Å². The standard InChI is InChI=1S/C16H33NO3Si/c1-16(2,3)21(4,5)20-11-10-17-8-6-14(7-9-17)15-18-12-13-19-15/h14-15H,6-13H2,1-5H3. The van der Waals surface area contributed by atoms with E-state index in [1.807, 2.05) is 0 Å². The Bertz CT molecular complexity index is 316. The number of ether oxygens (including phenoxy) is 2. The minimum Gasteiger partial charge on any atom is -0.416 e. The van der Waals surface area contributed by atoms with E-state index in [0.29, 0.717) is 11.0 Å². The van der Waals surface area contributed by atoms with Crippen LogP contribution in [0, 0.1) is 5.92 Å². The molecular formula is C16H33NO3Si. The Labute approximate surface area is 131 Å². The zero-order chi connectivity index (χ0) is 15.5. The minimum absolute atomic E-state index is 0.0654. The molecule has 2 rings (SSSR count). The Morgan fingerprint density at radius 3 is 2.19 bits per heavy atom. The van der Waals surface area contributed by atoms with Gasteiger partial charge in [-0.25, -0.2) is 0 Å². The van der Waals surface area contributed by atoms with Gasteiger partial charge in [0.1, 0.15) is 0 Å². The number of hydrogen-bond donors (Lipinski definition) is 0. The zero-order valence-corrected chi connectivity index (χ0v) is 15.5. The molecule has 0 amide bonds. The Kier molecular flexibility index (Phi) is 5.88. The lowest BCUT2D eigenvalue weighted by atomic mass is 9.96. The van der Waals surface area contributed by atoms with Crippen LogP contribution in [0.25, 0.3) is 0 Å². The van der Waals surface area contributed by atoms with Crippen molar-refractivity contribution in [2.75, 3.05) is 39.5 Å². The molecule has 2 aliphatic rings. The van der Waals surface area contributed by atoms with Crippen LogP contribution in [0.4, 0.5) is 0 Å². The Morgan fingerprint density at radius 1 is 1.10 bits per heavy atom. The lowest BCUT2D eigenvalue weighted by Gasteiger charge is -2.38. The second kappa shape index (κ2) is 7.09. The predicted octanol–water partition coefficient (Wildman–Crippen LogP) is 3.09. The van der Waals surface area contributed by atoms with Crippen molar-refractivity contribution in [1.29, 1.82) is 0 Å². The first-order chi connectivity index (χ1) is 9.79. The molecule has 21 heavy (non-hydrogen) atoms. The number of hydrogen-bond acceptors (Lipinski definition) is 4. The molecule has 0 atom stereocenters. The molecule has 0 aromatic carbocycles. The maximum absolute atomic E-state index is 6.27. The lowest BCUT2D eigenvalue weighted by molar-refractivity contribution is -0.0976. The van der Waals surface area contributed by atoms with Crippen molar-refractivity contribution in [1.82, 2.24) is 4.90 Å². The fourth-order valence-electron chi connectivity index (χ4n) is 2.74. The van der Waals surface area contributed by atoms with E-state index in [2.05, 4.69) is 38.8 Å². The SMILES string of the molecule is CC(C)(C)[Si](C)(C)OCCN1CCC(C2OCCO2)CC1. The van der Waals surface area contributed by atoms with Crippen molar-refractivity contribution in [2.24, 2.45) is 5.92 Å². The first kappa shape index (κ1) is 17.4. The summed E-state index contributed by atoms with van der Waals surface area (Å²) in [7, 11) is -1.59. The summed E-state index contributed by atoms with van der Waals surface area (Å²) in [4.78, 5) is 2.53. The monoisotopic (exact) mass is 315 g/mol. The Morgan fingerprint density at radius 2 is 1.67 bits per heavy atom. The third-order valence-electron chi connectivity index (χ3n) is 5.34. The van der Waals surface area contributed by atoms with E-state index in [1.54, 1.807) is 0 Å². The van der Waals surface area contributed by atoms with Crippen LogP contribution in [0.3, 0.4) is 0 Å².